The summed E-state index contributed by atoms with van der Waals surface area (Å²) in [6, 6.07) is 12.8. The maximum Gasteiger partial charge on any atom is 0.262 e. The average Bonchev–Trinajstić information content (AvgIpc) is 2.85. The van der Waals surface area contributed by atoms with Crippen molar-refractivity contribution in [3.8, 4) is 11.5 Å². The van der Waals surface area contributed by atoms with Crippen LogP contribution >= 0.6 is 11.8 Å². The Kier molecular flexibility index (Phi) is 9.35. The number of benzene rings is 2. The molecule has 0 bridgehead atoms. The first-order valence-corrected chi connectivity index (χ1v) is 12.1. The molecule has 0 radical (unpaired) electrons. The molecule has 34 heavy (non-hydrogen) atoms. The van der Waals surface area contributed by atoms with E-state index in [1.165, 1.54) is 11.8 Å². The minimum Gasteiger partial charge on any atom is -0.493 e. The number of nitrogens with one attached hydrogen (secondary N) is 1. The van der Waals surface area contributed by atoms with Crippen molar-refractivity contribution >= 4 is 28.6 Å². The van der Waals surface area contributed by atoms with Gasteiger partial charge in [0.2, 0.25) is 5.91 Å². The van der Waals surface area contributed by atoms with Gasteiger partial charge < -0.3 is 19.5 Å². The lowest BCUT2D eigenvalue weighted by atomic mass is 10.2. The van der Waals surface area contributed by atoms with Crippen LogP contribution in [0, 0.1) is 0 Å². The normalized spacial score (nSPS) is 11.9. The highest BCUT2D eigenvalue weighted by Gasteiger charge is 2.20. The Hall–Kier alpha value is -3.04. The molecular weight excluding hydrogens is 454 g/mol. The number of nitrogens with zero attached hydrogens (tertiary/aromatic N) is 2. The Morgan fingerprint density at radius 2 is 1.91 bits per heavy atom. The Morgan fingerprint density at radius 3 is 2.65 bits per heavy atom. The van der Waals surface area contributed by atoms with E-state index in [1.54, 1.807) is 37.0 Å². The number of rotatable bonds is 12. The fourth-order valence-corrected chi connectivity index (χ4v) is 4.36. The number of carbonyl (C=O) groups is 1. The van der Waals surface area contributed by atoms with Gasteiger partial charge in [-0.05, 0) is 50.1 Å². The molecule has 0 aliphatic carbocycles. The molecule has 0 aliphatic heterocycles. The van der Waals surface area contributed by atoms with E-state index in [-0.39, 0.29) is 18.0 Å². The van der Waals surface area contributed by atoms with Gasteiger partial charge in [0, 0.05) is 19.8 Å². The van der Waals surface area contributed by atoms with E-state index in [9.17, 15) is 9.59 Å². The topological polar surface area (TPSA) is 91.7 Å². The summed E-state index contributed by atoms with van der Waals surface area (Å²) in [6.45, 7) is 5.83. The molecule has 182 valence electrons. The van der Waals surface area contributed by atoms with Crippen molar-refractivity contribution in [2.75, 3.05) is 34.0 Å². The molecule has 0 saturated carbocycles. The lowest BCUT2D eigenvalue weighted by Gasteiger charge is -2.17. The van der Waals surface area contributed by atoms with Crippen molar-refractivity contribution in [1.82, 2.24) is 14.9 Å². The predicted molar refractivity (Wildman–Crippen MR) is 134 cm³/mol. The van der Waals surface area contributed by atoms with Crippen molar-refractivity contribution in [3.05, 3.63) is 58.4 Å². The van der Waals surface area contributed by atoms with Gasteiger partial charge >= 0.3 is 0 Å². The van der Waals surface area contributed by atoms with Crippen LogP contribution in [0.1, 0.15) is 25.8 Å². The van der Waals surface area contributed by atoms with E-state index in [4.69, 9.17) is 19.2 Å². The highest BCUT2D eigenvalue weighted by Crippen LogP contribution is 2.29. The van der Waals surface area contributed by atoms with E-state index in [2.05, 4.69) is 5.32 Å². The maximum atomic E-state index is 13.4. The van der Waals surface area contributed by atoms with Crippen LogP contribution in [-0.2, 0) is 16.1 Å². The Labute approximate surface area is 203 Å². The smallest absolute Gasteiger partial charge is 0.262 e. The summed E-state index contributed by atoms with van der Waals surface area (Å²) in [7, 11) is 3.15. The molecule has 1 atom stereocenters. The summed E-state index contributed by atoms with van der Waals surface area (Å²) < 4.78 is 17.6. The lowest BCUT2D eigenvalue weighted by molar-refractivity contribution is -0.120. The van der Waals surface area contributed by atoms with Crippen LogP contribution in [-0.4, -0.2) is 54.7 Å². The van der Waals surface area contributed by atoms with Crippen molar-refractivity contribution in [2.45, 2.75) is 37.2 Å². The molecule has 1 N–H and O–H groups in total. The first-order valence-electron chi connectivity index (χ1n) is 11.2. The maximum absolute atomic E-state index is 13.4. The molecule has 0 aliphatic rings. The quantitative estimate of drug-likeness (QED) is 0.239. The monoisotopic (exact) mass is 485 g/mol. The van der Waals surface area contributed by atoms with Gasteiger partial charge in [-0.15, -0.1) is 0 Å². The number of amides is 1. The molecule has 0 spiro atoms. The minimum atomic E-state index is -0.434. The van der Waals surface area contributed by atoms with E-state index in [0.717, 1.165) is 12.0 Å². The summed E-state index contributed by atoms with van der Waals surface area (Å²) in [6.07, 6.45) is 0.745. The molecule has 1 amide bonds. The van der Waals surface area contributed by atoms with E-state index in [1.807, 2.05) is 38.1 Å². The number of methoxy groups -OCH3 is 2. The molecule has 8 nitrogen and oxygen atoms in total. The van der Waals surface area contributed by atoms with Crippen LogP contribution in [0.3, 0.4) is 0 Å². The zero-order valence-corrected chi connectivity index (χ0v) is 20.8. The number of aromatic nitrogens is 2. The second kappa shape index (κ2) is 12.4. The van der Waals surface area contributed by atoms with Crippen LogP contribution in [0.5, 0.6) is 11.5 Å². The van der Waals surface area contributed by atoms with E-state index in [0.29, 0.717) is 47.3 Å². The average molecular weight is 486 g/mol. The molecule has 3 rings (SSSR count). The number of ether oxygens (including phenoxy) is 3. The van der Waals surface area contributed by atoms with Gasteiger partial charge in [-0.1, -0.05) is 30.0 Å². The van der Waals surface area contributed by atoms with Crippen molar-refractivity contribution in [3.63, 3.8) is 0 Å². The highest BCUT2D eigenvalue weighted by atomic mass is 32.2. The molecule has 2 aromatic carbocycles. The SMILES string of the molecule is CCOCCCNC(=O)C(C)Sc1nc2ccccc2c(=O)n1Cc1ccc(OC)c(OC)c1. The fourth-order valence-electron chi connectivity index (χ4n) is 3.42. The molecule has 1 heterocycles. The van der Waals surface area contributed by atoms with Crippen LogP contribution in [0.15, 0.2) is 52.4 Å². The van der Waals surface area contributed by atoms with Crippen LogP contribution in [0.4, 0.5) is 0 Å². The first-order chi connectivity index (χ1) is 16.5. The number of fused-ring (bicyclic) bond motifs is 1. The first kappa shape index (κ1) is 25.6. The largest absolute Gasteiger partial charge is 0.493 e. The standard InChI is InChI=1S/C25H31N3O5S/c1-5-33-14-8-13-26-23(29)17(2)34-25-27-20-10-7-6-9-19(20)24(30)28(25)16-18-11-12-21(31-3)22(15-18)32-4/h6-7,9-12,15,17H,5,8,13-14,16H2,1-4H3,(H,26,29). The number of para-hydroxylation sites is 1. The molecule has 9 heteroatoms. The van der Waals surface area contributed by atoms with Crippen molar-refractivity contribution < 1.29 is 19.0 Å². The third-order valence-electron chi connectivity index (χ3n) is 5.24. The molecule has 1 aromatic heterocycles. The Balaban J connectivity index is 1.88. The van der Waals surface area contributed by atoms with E-state index < -0.39 is 5.25 Å². The summed E-state index contributed by atoms with van der Waals surface area (Å²) in [5.41, 5.74) is 1.29. The van der Waals surface area contributed by atoms with Gasteiger partial charge in [0.1, 0.15) is 0 Å². The molecule has 0 fully saturated rings. The Bertz CT molecular complexity index is 1180. The summed E-state index contributed by atoms with van der Waals surface area (Å²) in [4.78, 5) is 30.7. The minimum absolute atomic E-state index is 0.110. The third kappa shape index (κ3) is 6.30. The number of hydrogen-bond acceptors (Lipinski definition) is 7. The van der Waals surface area contributed by atoms with Gasteiger partial charge in [0.05, 0.1) is 36.9 Å². The highest BCUT2D eigenvalue weighted by molar-refractivity contribution is 8.00. The molecular formula is C25H31N3O5S. The molecule has 3 aromatic rings. The second-order valence-electron chi connectivity index (χ2n) is 7.59. The summed E-state index contributed by atoms with van der Waals surface area (Å²) >= 11 is 1.27. The van der Waals surface area contributed by atoms with E-state index >= 15 is 0 Å². The Morgan fingerprint density at radius 1 is 1.15 bits per heavy atom. The van der Waals surface area contributed by atoms with Crippen LogP contribution < -0.4 is 20.3 Å². The zero-order valence-electron chi connectivity index (χ0n) is 20.0. The number of carbonyl (C=O) groups excluding carboxylic acids is 1. The van der Waals surface area contributed by atoms with Crippen molar-refractivity contribution in [2.24, 2.45) is 0 Å². The van der Waals surface area contributed by atoms with Gasteiger partial charge in [0.15, 0.2) is 16.7 Å². The zero-order chi connectivity index (χ0) is 24.5. The van der Waals surface area contributed by atoms with Gasteiger partial charge in [0.25, 0.3) is 5.56 Å². The number of thioether (sulfide) groups is 1. The summed E-state index contributed by atoms with van der Waals surface area (Å²) in [5.74, 6) is 1.08. The lowest BCUT2D eigenvalue weighted by Crippen LogP contribution is -2.33. The van der Waals surface area contributed by atoms with Gasteiger partial charge in [-0.2, -0.15) is 0 Å². The molecule has 1 unspecified atom stereocenters. The predicted octanol–water partition coefficient (Wildman–Crippen LogP) is 3.49. The molecule has 0 saturated heterocycles. The third-order valence-corrected chi connectivity index (χ3v) is 6.33. The fraction of sp³-hybridized carbons (Fsp3) is 0.400. The van der Waals surface area contributed by atoms with Gasteiger partial charge in [-0.25, -0.2) is 4.98 Å². The summed E-state index contributed by atoms with van der Waals surface area (Å²) in [5, 5.41) is 3.50. The van der Waals surface area contributed by atoms with Crippen LogP contribution in [0.25, 0.3) is 10.9 Å². The number of hydrogen-bond donors (Lipinski definition) is 1. The van der Waals surface area contributed by atoms with Crippen LogP contribution in [0.2, 0.25) is 0 Å². The van der Waals surface area contributed by atoms with Gasteiger partial charge in [-0.3, -0.25) is 14.2 Å². The van der Waals surface area contributed by atoms with Crippen molar-refractivity contribution in [1.29, 1.82) is 0 Å². The second-order valence-corrected chi connectivity index (χ2v) is 8.90.